The molecule has 0 radical (unpaired) electrons. The number of benzene rings is 2. The van der Waals surface area contributed by atoms with Crippen molar-refractivity contribution in [3.05, 3.63) is 65.7 Å². The molecule has 0 saturated heterocycles. The van der Waals surface area contributed by atoms with Crippen LogP contribution in [0, 0.1) is 5.92 Å². The van der Waals surface area contributed by atoms with Crippen LogP contribution in [0.3, 0.4) is 0 Å². The summed E-state index contributed by atoms with van der Waals surface area (Å²) in [5.41, 5.74) is 5.22. The molecule has 0 unspecified atom stereocenters. The maximum Gasteiger partial charge on any atom is -0.0184 e. The molecule has 0 aliphatic heterocycles. The Morgan fingerprint density at radius 1 is 0.700 bits per heavy atom. The standard InChI is InChI=1S/C20H24/c1-15(2)5-6-17-7-9-19(10-8-17)20-13-11-18(12-14-20)16(3)4/h5-16H,1-4H3/b6-5+. The third-order valence-corrected chi connectivity index (χ3v) is 3.49. The van der Waals surface area contributed by atoms with Gasteiger partial charge in [0.1, 0.15) is 0 Å². The van der Waals surface area contributed by atoms with Gasteiger partial charge in [0.2, 0.25) is 0 Å². The van der Waals surface area contributed by atoms with Gasteiger partial charge in [0, 0.05) is 0 Å². The minimum Gasteiger partial charge on any atom is -0.0814 e. The zero-order valence-electron chi connectivity index (χ0n) is 12.9. The van der Waals surface area contributed by atoms with Crippen molar-refractivity contribution in [2.75, 3.05) is 0 Å². The van der Waals surface area contributed by atoms with Crippen molar-refractivity contribution in [2.24, 2.45) is 5.92 Å². The molecule has 0 spiro atoms. The summed E-state index contributed by atoms with van der Waals surface area (Å²) in [6.45, 7) is 8.85. The molecule has 0 heterocycles. The molecule has 0 amide bonds. The summed E-state index contributed by atoms with van der Waals surface area (Å²) in [5, 5.41) is 0. The zero-order valence-corrected chi connectivity index (χ0v) is 12.9. The van der Waals surface area contributed by atoms with Crippen molar-refractivity contribution in [1.82, 2.24) is 0 Å². The lowest BCUT2D eigenvalue weighted by Crippen LogP contribution is -1.86. The number of rotatable bonds is 4. The van der Waals surface area contributed by atoms with Gasteiger partial charge in [-0.15, -0.1) is 0 Å². The minimum absolute atomic E-state index is 0.590. The Bertz CT molecular complexity index is 554. The fraction of sp³-hybridized carbons (Fsp3) is 0.300. The molecule has 0 bridgehead atoms. The van der Waals surface area contributed by atoms with E-state index in [1.807, 2.05) is 0 Å². The Kier molecular flexibility index (Phi) is 4.79. The van der Waals surface area contributed by atoms with Gasteiger partial charge in [0.25, 0.3) is 0 Å². The molecule has 0 heteroatoms. The molecule has 0 atom stereocenters. The van der Waals surface area contributed by atoms with Crippen molar-refractivity contribution in [3.63, 3.8) is 0 Å². The van der Waals surface area contributed by atoms with Gasteiger partial charge in [0.15, 0.2) is 0 Å². The lowest BCUT2D eigenvalue weighted by molar-refractivity contribution is 0.836. The summed E-state index contributed by atoms with van der Waals surface area (Å²) in [7, 11) is 0. The van der Waals surface area contributed by atoms with Gasteiger partial charge in [-0.25, -0.2) is 0 Å². The minimum atomic E-state index is 0.590. The fourth-order valence-electron chi connectivity index (χ4n) is 2.15. The van der Waals surface area contributed by atoms with Crippen LogP contribution in [0.2, 0.25) is 0 Å². The van der Waals surface area contributed by atoms with E-state index in [2.05, 4.69) is 88.4 Å². The SMILES string of the molecule is CC(C)/C=C/c1ccc(-c2ccc(C(C)C)cc2)cc1. The zero-order chi connectivity index (χ0) is 14.5. The van der Waals surface area contributed by atoms with Gasteiger partial charge in [-0.1, -0.05) is 88.4 Å². The summed E-state index contributed by atoms with van der Waals surface area (Å²) in [4.78, 5) is 0. The van der Waals surface area contributed by atoms with Crippen molar-refractivity contribution in [1.29, 1.82) is 0 Å². The van der Waals surface area contributed by atoms with Crippen molar-refractivity contribution < 1.29 is 0 Å². The fourth-order valence-corrected chi connectivity index (χ4v) is 2.15. The maximum atomic E-state index is 2.23. The normalized spacial score (nSPS) is 11.7. The molecule has 2 aromatic rings. The van der Waals surface area contributed by atoms with Gasteiger partial charge in [-0.05, 0) is 34.1 Å². The van der Waals surface area contributed by atoms with Crippen molar-refractivity contribution in [2.45, 2.75) is 33.6 Å². The smallest absolute Gasteiger partial charge is 0.0184 e. The Balaban J connectivity index is 2.17. The van der Waals surface area contributed by atoms with E-state index < -0.39 is 0 Å². The van der Waals surface area contributed by atoms with Crippen LogP contribution in [0.15, 0.2) is 54.6 Å². The highest BCUT2D eigenvalue weighted by Crippen LogP contribution is 2.23. The van der Waals surface area contributed by atoms with Crippen LogP contribution < -0.4 is 0 Å². The average Bonchev–Trinajstić information content (AvgIpc) is 2.46. The van der Waals surface area contributed by atoms with Gasteiger partial charge in [-0.3, -0.25) is 0 Å². The molecule has 0 nitrogen and oxygen atoms in total. The topological polar surface area (TPSA) is 0 Å². The summed E-state index contributed by atoms with van der Waals surface area (Å²) < 4.78 is 0. The van der Waals surface area contributed by atoms with Gasteiger partial charge >= 0.3 is 0 Å². The van der Waals surface area contributed by atoms with Crippen LogP contribution in [0.1, 0.15) is 44.7 Å². The van der Waals surface area contributed by atoms with Gasteiger partial charge in [0.05, 0.1) is 0 Å². The average molecular weight is 264 g/mol. The van der Waals surface area contributed by atoms with Crippen molar-refractivity contribution in [3.8, 4) is 11.1 Å². The highest BCUT2D eigenvalue weighted by atomic mass is 14.1. The first-order chi connectivity index (χ1) is 9.56. The third kappa shape index (κ3) is 3.84. The molecule has 2 aromatic carbocycles. The van der Waals surface area contributed by atoms with Crippen LogP contribution in [0.5, 0.6) is 0 Å². The van der Waals surface area contributed by atoms with E-state index in [1.165, 1.54) is 22.3 Å². The second kappa shape index (κ2) is 6.56. The van der Waals surface area contributed by atoms with Crippen LogP contribution in [-0.4, -0.2) is 0 Å². The Labute approximate surface area is 123 Å². The molecule has 0 aromatic heterocycles. The van der Waals surface area contributed by atoms with E-state index in [4.69, 9.17) is 0 Å². The molecule has 2 rings (SSSR count). The highest BCUT2D eigenvalue weighted by Gasteiger charge is 2.01. The van der Waals surface area contributed by atoms with Crippen molar-refractivity contribution >= 4 is 6.08 Å². The summed E-state index contributed by atoms with van der Waals surface area (Å²) in [5.74, 6) is 1.19. The summed E-state index contributed by atoms with van der Waals surface area (Å²) in [6.07, 6.45) is 4.42. The molecule has 0 fully saturated rings. The molecule has 0 N–H and O–H groups in total. The first-order valence-electron chi connectivity index (χ1n) is 7.45. The van der Waals surface area contributed by atoms with E-state index in [0.29, 0.717) is 11.8 Å². The Hall–Kier alpha value is -1.82. The molecular weight excluding hydrogens is 240 g/mol. The van der Waals surface area contributed by atoms with Crippen LogP contribution in [0.4, 0.5) is 0 Å². The molecule has 0 saturated carbocycles. The van der Waals surface area contributed by atoms with Crippen LogP contribution in [-0.2, 0) is 0 Å². The van der Waals surface area contributed by atoms with E-state index in [-0.39, 0.29) is 0 Å². The molecule has 104 valence electrons. The molecule has 0 aliphatic rings. The Morgan fingerprint density at radius 3 is 1.65 bits per heavy atom. The largest absolute Gasteiger partial charge is 0.0814 e. The van der Waals surface area contributed by atoms with Gasteiger partial charge in [-0.2, -0.15) is 0 Å². The Morgan fingerprint density at radius 2 is 1.20 bits per heavy atom. The predicted octanol–water partition coefficient (Wildman–Crippen LogP) is 6.15. The summed E-state index contributed by atoms with van der Waals surface area (Å²) >= 11 is 0. The highest BCUT2D eigenvalue weighted by molar-refractivity contribution is 5.66. The predicted molar refractivity (Wildman–Crippen MR) is 89.8 cm³/mol. The lowest BCUT2D eigenvalue weighted by atomic mass is 9.98. The van der Waals surface area contributed by atoms with E-state index >= 15 is 0 Å². The number of hydrogen-bond acceptors (Lipinski definition) is 0. The first kappa shape index (κ1) is 14.6. The molecular formula is C20H24. The lowest BCUT2D eigenvalue weighted by Gasteiger charge is -2.07. The molecule has 0 aliphatic carbocycles. The first-order valence-corrected chi connectivity index (χ1v) is 7.45. The second-order valence-corrected chi connectivity index (χ2v) is 6.00. The van der Waals surface area contributed by atoms with Gasteiger partial charge < -0.3 is 0 Å². The monoisotopic (exact) mass is 264 g/mol. The number of allylic oxidation sites excluding steroid dienone is 1. The van der Waals surface area contributed by atoms with E-state index in [9.17, 15) is 0 Å². The van der Waals surface area contributed by atoms with E-state index in [1.54, 1.807) is 0 Å². The van der Waals surface area contributed by atoms with Crippen LogP contribution >= 0.6 is 0 Å². The number of hydrogen-bond donors (Lipinski definition) is 0. The second-order valence-electron chi connectivity index (χ2n) is 6.00. The van der Waals surface area contributed by atoms with E-state index in [0.717, 1.165) is 0 Å². The quantitative estimate of drug-likeness (QED) is 0.621. The maximum absolute atomic E-state index is 2.23. The molecule has 20 heavy (non-hydrogen) atoms. The third-order valence-electron chi connectivity index (χ3n) is 3.49. The van der Waals surface area contributed by atoms with Crippen LogP contribution in [0.25, 0.3) is 17.2 Å². The summed E-state index contributed by atoms with van der Waals surface area (Å²) in [6, 6.07) is 17.7.